The molecule has 4 nitrogen and oxygen atoms in total. The average Bonchev–Trinajstić information content (AvgIpc) is 2.73. The Labute approximate surface area is 120 Å². The predicted molar refractivity (Wildman–Crippen MR) is 80.7 cm³/mol. The monoisotopic (exact) mass is 276 g/mol. The van der Waals surface area contributed by atoms with E-state index in [0.29, 0.717) is 13.0 Å². The minimum Gasteiger partial charge on any atom is -0.390 e. The first kappa shape index (κ1) is 15.0. The van der Waals surface area contributed by atoms with Crippen molar-refractivity contribution in [3.63, 3.8) is 0 Å². The highest BCUT2D eigenvalue weighted by Gasteiger charge is 2.25. The number of aryl methyl sites for hydroxylation is 1. The van der Waals surface area contributed by atoms with Gasteiger partial charge >= 0.3 is 0 Å². The lowest BCUT2D eigenvalue weighted by atomic mass is 9.99. The van der Waals surface area contributed by atoms with Gasteiger partial charge in [-0.3, -0.25) is 0 Å². The Balaban J connectivity index is 2.20. The Morgan fingerprint density at radius 3 is 2.60 bits per heavy atom. The highest BCUT2D eigenvalue weighted by molar-refractivity contribution is 5.75. The second-order valence-corrected chi connectivity index (χ2v) is 5.51. The molecule has 0 saturated carbocycles. The smallest absolute Gasteiger partial charge is 0.112 e. The van der Waals surface area contributed by atoms with E-state index < -0.39 is 6.10 Å². The fourth-order valence-electron chi connectivity index (χ4n) is 2.62. The summed E-state index contributed by atoms with van der Waals surface area (Å²) in [5.41, 5.74) is 2.06. The predicted octanol–water partition coefficient (Wildman–Crippen LogP) is 2.54. The van der Waals surface area contributed by atoms with E-state index in [1.54, 1.807) is 0 Å². The van der Waals surface area contributed by atoms with Gasteiger partial charge in [-0.2, -0.15) is 0 Å². The first-order valence-electron chi connectivity index (χ1n) is 7.24. The van der Waals surface area contributed by atoms with Crippen LogP contribution in [0.5, 0.6) is 0 Å². The summed E-state index contributed by atoms with van der Waals surface area (Å²) in [5, 5.41) is 10.4. The van der Waals surface area contributed by atoms with Crippen LogP contribution in [0.15, 0.2) is 24.3 Å². The van der Waals surface area contributed by atoms with Gasteiger partial charge in [0.1, 0.15) is 5.82 Å². The number of aliphatic hydroxyl groups is 1. The number of para-hydroxylation sites is 2. The van der Waals surface area contributed by atoms with Crippen LogP contribution in [0.25, 0.3) is 11.0 Å². The van der Waals surface area contributed by atoms with Gasteiger partial charge in [0, 0.05) is 20.1 Å². The summed E-state index contributed by atoms with van der Waals surface area (Å²) < 4.78 is 7.71. The highest BCUT2D eigenvalue weighted by atomic mass is 16.5. The topological polar surface area (TPSA) is 47.3 Å². The molecule has 0 amide bonds. The minimum atomic E-state index is -0.537. The molecule has 1 aromatic carbocycles. The number of aromatic nitrogens is 2. The average molecular weight is 276 g/mol. The van der Waals surface area contributed by atoms with Crippen molar-refractivity contribution in [2.75, 3.05) is 6.61 Å². The highest BCUT2D eigenvalue weighted by Crippen LogP contribution is 2.19. The van der Waals surface area contributed by atoms with Crippen molar-refractivity contribution in [3.05, 3.63) is 30.1 Å². The van der Waals surface area contributed by atoms with E-state index in [1.165, 1.54) is 0 Å². The van der Waals surface area contributed by atoms with Crippen molar-refractivity contribution in [3.8, 4) is 0 Å². The summed E-state index contributed by atoms with van der Waals surface area (Å²) in [6.45, 7) is 6.70. The van der Waals surface area contributed by atoms with Gasteiger partial charge in [-0.05, 0) is 25.0 Å². The first-order chi connectivity index (χ1) is 9.54. The van der Waals surface area contributed by atoms with Crippen molar-refractivity contribution in [2.45, 2.75) is 39.4 Å². The zero-order valence-corrected chi connectivity index (χ0v) is 12.7. The third-order valence-electron chi connectivity index (χ3n) is 3.67. The summed E-state index contributed by atoms with van der Waals surface area (Å²) in [5.74, 6) is 1.17. The van der Waals surface area contributed by atoms with E-state index in [4.69, 9.17) is 4.74 Å². The second kappa shape index (κ2) is 6.37. The number of imidazole rings is 1. The Hall–Kier alpha value is -1.39. The number of hydrogen-bond acceptors (Lipinski definition) is 3. The van der Waals surface area contributed by atoms with Gasteiger partial charge in [0.2, 0.25) is 0 Å². The molecule has 2 atom stereocenters. The van der Waals surface area contributed by atoms with Gasteiger partial charge in [0.05, 0.1) is 23.2 Å². The summed E-state index contributed by atoms with van der Waals surface area (Å²) in [6.07, 6.45) is -0.182. The van der Waals surface area contributed by atoms with Gasteiger partial charge in [-0.15, -0.1) is 0 Å². The van der Waals surface area contributed by atoms with Crippen molar-refractivity contribution in [2.24, 2.45) is 13.0 Å². The zero-order chi connectivity index (χ0) is 14.7. The maximum atomic E-state index is 10.4. The van der Waals surface area contributed by atoms with E-state index in [9.17, 15) is 5.11 Å². The van der Waals surface area contributed by atoms with E-state index in [0.717, 1.165) is 16.9 Å². The largest absolute Gasteiger partial charge is 0.390 e. The molecule has 0 fully saturated rings. The summed E-state index contributed by atoms with van der Waals surface area (Å²) in [7, 11) is 1.99. The van der Waals surface area contributed by atoms with Crippen LogP contribution in [0.4, 0.5) is 0 Å². The Bertz CT molecular complexity index is 563. The lowest BCUT2D eigenvalue weighted by Gasteiger charge is -2.26. The third-order valence-corrected chi connectivity index (χ3v) is 3.67. The molecule has 0 bridgehead atoms. The minimum absolute atomic E-state index is 0.153. The number of benzene rings is 1. The maximum absolute atomic E-state index is 10.4. The van der Waals surface area contributed by atoms with Crippen molar-refractivity contribution in [1.29, 1.82) is 0 Å². The van der Waals surface area contributed by atoms with Crippen LogP contribution in [-0.2, 0) is 18.2 Å². The Morgan fingerprint density at radius 2 is 2.00 bits per heavy atom. The molecular weight excluding hydrogens is 252 g/mol. The molecule has 0 saturated heterocycles. The van der Waals surface area contributed by atoms with Crippen LogP contribution in [0.3, 0.4) is 0 Å². The molecular formula is C16H24N2O2. The Kier molecular flexibility index (Phi) is 4.78. The van der Waals surface area contributed by atoms with Gasteiger partial charge in [-0.1, -0.05) is 26.0 Å². The molecule has 110 valence electrons. The summed E-state index contributed by atoms with van der Waals surface area (Å²) >= 11 is 0. The molecule has 2 rings (SSSR count). The molecule has 0 spiro atoms. The number of nitrogens with zero attached hydrogens (tertiary/aromatic N) is 2. The molecule has 1 N–H and O–H groups in total. The molecule has 0 aliphatic rings. The lowest BCUT2D eigenvalue weighted by molar-refractivity contribution is -0.0570. The molecule has 2 aromatic rings. The van der Waals surface area contributed by atoms with Crippen LogP contribution in [0.2, 0.25) is 0 Å². The number of rotatable bonds is 6. The lowest BCUT2D eigenvalue weighted by Crippen LogP contribution is -2.36. The van der Waals surface area contributed by atoms with E-state index in [-0.39, 0.29) is 12.0 Å². The molecule has 0 aliphatic heterocycles. The fraction of sp³-hybridized carbons (Fsp3) is 0.562. The van der Waals surface area contributed by atoms with E-state index in [1.807, 2.05) is 42.8 Å². The quantitative estimate of drug-likeness (QED) is 0.882. The van der Waals surface area contributed by atoms with Gasteiger partial charge in [0.25, 0.3) is 0 Å². The normalized spacial score (nSPS) is 14.9. The van der Waals surface area contributed by atoms with Crippen LogP contribution in [-0.4, -0.2) is 33.5 Å². The summed E-state index contributed by atoms with van der Waals surface area (Å²) in [4.78, 5) is 4.60. The molecule has 2 unspecified atom stereocenters. The van der Waals surface area contributed by atoms with Crippen LogP contribution < -0.4 is 0 Å². The fourth-order valence-corrected chi connectivity index (χ4v) is 2.62. The number of ether oxygens (including phenoxy) is 1. The van der Waals surface area contributed by atoms with Crippen LogP contribution in [0.1, 0.15) is 26.6 Å². The van der Waals surface area contributed by atoms with Crippen molar-refractivity contribution >= 4 is 11.0 Å². The van der Waals surface area contributed by atoms with Crippen LogP contribution in [0, 0.1) is 5.92 Å². The molecule has 0 aliphatic carbocycles. The zero-order valence-electron chi connectivity index (χ0n) is 12.7. The second-order valence-electron chi connectivity index (χ2n) is 5.51. The molecule has 1 heterocycles. The standard InChI is InChI=1S/C16H24N2O2/c1-5-20-16(11(2)3)14(19)10-15-17-12-8-6-7-9-13(12)18(15)4/h6-9,11,14,16,19H,5,10H2,1-4H3. The van der Waals surface area contributed by atoms with E-state index in [2.05, 4.69) is 18.8 Å². The third kappa shape index (κ3) is 3.02. The first-order valence-corrected chi connectivity index (χ1v) is 7.24. The number of aliphatic hydroxyl groups excluding tert-OH is 1. The van der Waals surface area contributed by atoms with E-state index >= 15 is 0 Å². The maximum Gasteiger partial charge on any atom is 0.112 e. The molecule has 1 aromatic heterocycles. The van der Waals surface area contributed by atoms with Gasteiger partial charge < -0.3 is 14.4 Å². The molecule has 0 radical (unpaired) electrons. The summed E-state index contributed by atoms with van der Waals surface area (Å²) in [6, 6.07) is 8.02. The van der Waals surface area contributed by atoms with Crippen molar-refractivity contribution in [1.82, 2.24) is 9.55 Å². The van der Waals surface area contributed by atoms with Gasteiger partial charge in [0.15, 0.2) is 0 Å². The molecule has 20 heavy (non-hydrogen) atoms. The SMILES string of the molecule is CCOC(C(C)C)C(O)Cc1nc2ccccc2n1C. The van der Waals surface area contributed by atoms with Crippen LogP contribution >= 0.6 is 0 Å². The number of fused-ring (bicyclic) bond motifs is 1. The Morgan fingerprint density at radius 1 is 1.30 bits per heavy atom. The molecule has 4 heteroatoms. The van der Waals surface area contributed by atoms with Crippen molar-refractivity contribution < 1.29 is 9.84 Å². The van der Waals surface area contributed by atoms with Gasteiger partial charge in [-0.25, -0.2) is 4.98 Å². The number of hydrogen-bond donors (Lipinski definition) is 1.